The summed E-state index contributed by atoms with van der Waals surface area (Å²) in [7, 11) is 2.08. The van der Waals surface area contributed by atoms with E-state index in [9.17, 15) is 9.90 Å². The van der Waals surface area contributed by atoms with Crippen LogP contribution in [0.5, 0.6) is 0 Å². The Morgan fingerprint density at radius 3 is 2.60 bits per heavy atom. The maximum absolute atomic E-state index is 11.5. The first-order valence-corrected chi connectivity index (χ1v) is 8.86. The Labute approximate surface area is 153 Å². The van der Waals surface area contributed by atoms with Crippen molar-refractivity contribution in [2.45, 2.75) is 31.5 Å². The minimum absolute atomic E-state index is 0.266. The van der Waals surface area contributed by atoms with Crippen LogP contribution in [0.3, 0.4) is 0 Å². The molecular formula is C20H22ClN2O2-. The Morgan fingerprint density at radius 2 is 1.92 bits per heavy atom. The Kier molecular flexibility index (Phi) is 5.74. The molecule has 25 heavy (non-hydrogen) atoms. The summed E-state index contributed by atoms with van der Waals surface area (Å²) >= 11 is 5.88. The third kappa shape index (κ3) is 4.60. The molecule has 0 saturated heterocycles. The third-order valence-electron chi connectivity index (χ3n) is 4.85. The van der Waals surface area contributed by atoms with E-state index in [-0.39, 0.29) is 6.04 Å². The molecule has 0 aliphatic carbocycles. The first kappa shape index (κ1) is 17.9. The summed E-state index contributed by atoms with van der Waals surface area (Å²) in [5, 5.41) is 15.3. The van der Waals surface area contributed by atoms with Crippen molar-refractivity contribution < 1.29 is 9.90 Å². The van der Waals surface area contributed by atoms with E-state index in [4.69, 9.17) is 11.6 Å². The van der Waals surface area contributed by atoms with E-state index in [1.54, 1.807) is 12.1 Å². The number of carboxylic acids is 1. The van der Waals surface area contributed by atoms with E-state index in [2.05, 4.69) is 41.5 Å². The van der Waals surface area contributed by atoms with Gasteiger partial charge in [-0.15, -0.1) is 0 Å². The Hall–Kier alpha value is -1.88. The second kappa shape index (κ2) is 8.00. The average molecular weight is 358 g/mol. The number of carbonyl (C=O) groups is 1. The zero-order chi connectivity index (χ0) is 17.8. The molecule has 0 bridgehead atoms. The summed E-state index contributed by atoms with van der Waals surface area (Å²) in [4.78, 5) is 13.8. The molecule has 0 spiro atoms. The minimum atomic E-state index is -1.08. The van der Waals surface area contributed by atoms with Gasteiger partial charge in [-0.2, -0.15) is 0 Å². The first-order valence-electron chi connectivity index (χ1n) is 8.48. The smallest absolute Gasteiger partial charge is 0.0587 e. The number of hydrogen-bond acceptors (Lipinski definition) is 4. The van der Waals surface area contributed by atoms with Crippen molar-refractivity contribution >= 4 is 17.6 Å². The summed E-state index contributed by atoms with van der Waals surface area (Å²) in [5.41, 5.74) is 3.61. The SMILES string of the molecule is CN1Cc2ccccc2C[C@H]1CN[C@H](Cc1ccc(Cl)cc1)C(=O)[O-]. The summed E-state index contributed by atoms with van der Waals surface area (Å²) in [6, 6.07) is 15.2. The van der Waals surface area contributed by atoms with E-state index < -0.39 is 12.0 Å². The fourth-order valence-corrected chi connectivity index (χ4v) is 3.45. The first-order chi connectivity index (χ1) is 12.0. The van der Waals surface area contributed by atoms with Crippen molar-refractivity contribution in [1.29, 1.82) is 0 Å². The van der Waals surface area contributed by atoms with Crippen LogP contribution in [0.4, 0.5) is 0 Å². The Morgan fingerprint density at radius 1 is 1.24 bits per heavy atom. The molecule has 1 N–H and O–H groups in total. The molecule has 1 aliphatic heterocycles. The number of halogens is 1. The number of fused-ring (bicyclic) bond motifs is 1. The van der Waals surface area contributed by atoms with Gasteiger partial charge in [0.1, 0.15) is 0 Å². The van der Waals surface area contributed by atoms with Crippen molar-refractivity contribution in [1.82, 2.24) is 10.2 Å². The number of nitrogens with one attached hydrogen (secondary N) is 1. The largest absolute Gasteiger partial charge is 0.548 e. The van der Waals surface area contributed by atoms with Crippen LogP contribution >= 0.6 is 11.6 Å². The van der Waals surface area contributed by atoms with Crippen molar-refractivity contribution in [2.75, 3.05) is 13.6 Å². The molecule has 0 saturated carbocycles. The summed E-state index contributed by atoms with van der Waals surface area (Å²) in [5.74, 6) is -1.08. The maximum Gasteiger partial charge on any atom is 0.0587 e. The van der Waals surface area contributed by atoms with Crippen molar-refractivity contribution in [2.24, 2.45) is 0 Å². The van der Waals surface area contributed by atoms with E-state index in [1.807, 2.05) is 12.1 Å². The molecule has 1 aliphatic rings. The quantitative estimate of drug-likeness (QED) is 0.854. The number of benzene rings is 2. The van der Waals surface area contributed by atoms with Gasteiger partial charge in [0.2, 0.25) is 0 Å². The number of carboxylic acid groups (broad SMARTS) is 1. The summed E-state index contributed by atoms with van der Waals surface area (Å²) in [6.07, 6.45) is 1.30. The van der Waals surface area contributed by atoms with Crippen LogP contribution in [-0.4, -0.2) is 36.5 Å². The van der Waals surface area contributed by atoms with Gasteiger partial charge < -0.3 is 15.2 Å². The zero-order valence-electron chi connectivity index (χ0n) is 14.2. The summed E-state index contributed by atoms with van der Waals surface area (Å²) in [6.45, 7) is 1.49. The lowest BCUT2D eigenvalue weighted by atomic mass is 9.94. The van der Waals surface area contributed by atoms with E-state index in [1.165, 1.54) is 11.1 Å². The Bertz CT molecular complexity index is 733. The minimum Gasteiger partial charge on any atom is -0.548 e. The van der Waals surface area contributed by atoms with Crippen molar-refractivity contribution in [3.63, 3.8) is 0 Å². The predicted octanol–water partition coefficient (Wildman–Crippen LogP) is 1.65. The molecule has 5 heteroatoms. The molecule has 0 amide bonds. The maximum atomic E-state index is 11.5. The fourth-order valence-electron chi connectivity index (χ4n) is 3.32. The van der Waals surface area contributed by atoms with E-state index >= 15 is 0 Å². The van der Waals surface area contributed by atoms with Crippen LogP contribution in [0.25, 0.3) is 0 Å². The monoisotopic (exact) mass is 357 g/mol. The molecule has 0 unspecified atom stereocenters. The number of nitrogens with zero attached hydrogens (tertiary/aromatic N) is 1. The lowest BCUT2D eigenvalue weighted by molar-refractivity contribution is -0.308. The van der Waals surface area contributed by atoms with Crippen LogP contribution in [0.15, 0.2) is 48.5 Å². The number of aliphatic carboxylic acids is 1. The van der Waals surface area contributed by atoms with Crippen LogP contribution in [-0.2, 0) is 24.2 Å². The molecular weight excluding hydrogens is 336 g/mol. The highest BCUT2D eigenvalue weighted by atomic mass is 35.5. The fraction of sp³-hybridized carbons (Fsp3) is 0.350. The van der Waals surface area contributed by atoms with Crippen LogP contribution < -0.4 is 10.4 Å². The number of carbonyl (C=O) groups excluding carboxylic acids is 1. The summed E-state index contributed by atoms with van der Waals surface area (Å²) < 4.78 is 0. The predicted molar refractivity (Wildman–Crippen MR) is 97.4 cm³/mol. The molecule has 132 valence electrons. The molecule has 2 atom stereocenters. The van der Waals surface area contributed by atoms with Gasteiger partial charge in [-0.25, -0.2) is 0 Å². The normalized spacial score (nSPS) is 18.6. The van der Waals surface area contributed by atoms with Crippen molar-refractivity contribution in [3.05, 3.63) is 70.2 Å². The molecule has 0 fully saturated rings. The molecule has 2 aromatic rings. The lowest BCUT2D eigenvalue weighted by Crippen LogP contribution is -2.52. The molecule has 3 rings (SSSR count). The second-order valence-electron chi connectivity index (χ2n) is 6.65. The number of hydrogen-bond donors (Lipinski definition) is 1. The van der Waals surface area contributed by atoms with Gasteiger partial charge in [-0.1, -0.05) is 48.0 Å². The average Bonchev–Trinajstić information content (AvgIpc) is 2.60. The highest BCUT2D eigenvalue weighted by molar-refractivity contribution is 6.30. The van der Waals surface area contributed by atoms with Gasteiger partial charge >= 0.3 is 0 Å². The standard InChI is InChI=1S/C20H23ClN2O2/c1-23-13-16-5-3-2-4-15(16)11-18(23)12-22-19(20(24)25)10-14-6-8-17(21)9-7-14/h2-9,18-19,22H,10-13H2,1H3,(H,24,25)/p-1/t18-,19+/m0/s1. The van der Waals surface area contributed by atoms with Crippen molar-refractivity contribution in [3.8, 4) is 0 Å². The zero-order valence-corrected chi connectivity index (χ0v) is 15.0. The number of likely N-dealkylation sites (N-methyl/N-ethyl adjacent to an activating group) is 1. The molecule has 4 nitrogen and oxygen atoms in total. The highest BCUT2D eigenvalue weighted by Gasteiger charge is 2.24. The van der Waals surface area contributed by atoms with Gasteiger partial charge in [-0.3, -0.25) is 4.90 Å². The molecule has 0 aromatic heterocycles. The number of rotatable bonds is 6. The highest BCUT2D eigenvalue weighted by Crippen LogP contribution is 2.21. The topological polar surface area (TPSA) is 55.4 Å². The van der Waals surface area contributed by atoms with Gasteiger partial charge in [0.25, 0.3) is 0 Å². The van der Waals surface area contributed by atoms with Crippen LogP contribution in [0.1, 0.15) is 16.7 Å². The third-order valence-corrected chi connectivity index (χ3v) is 5.11. The molecule has 2 aromatic carbocycles. The van der Waals surface area contributed by atoms with Gasteiger partial charge in [0, 0.05) is 24.2 Å². The Balaban J connectivity index is 1.62. The van der Waals surface area contributed by atoms with Gasteiger partial charge in [0.05, 0.1) is 12.0 Å². The lowest BCUT2D eigenvalue weighted by Gasteiger charge is -2.35. The van der Waals surface area contributed by atoms with E-state index in [0.29, 0.717) is 18.0 Å². The van der Waals surface area contributed by atoms with Crippen LogP contribution in [0.2, 0.25) is 5.02 Å². The molecule has 0 radical (unpaired) electrons. The molecule has 1 heterocycles. The second-order valence-corrected chi connectivity index (χ2v) is 7.09. The van der Waals surface area contributed by atoms with Crippen LogP contribution in [0, 0.1) is 0 Å². The van der Waals surface area contributed by atoms with E-state index in [0.717, 1.165) is 18.5 Å². The van der Waals surface area contributed by atoms with Gasteiger partial charge in [0.15, 0.2) is 0 Å². The van der Waals surface area contributed by atoms with Gasteiger partial charge in [-0.05, 0) is 48.7 Å².